The first kappa shape index (κ1) is 22.2. The summed E-state index contributed by atoms with van der Waals surface area (Å²) in [6.45, 7) is -0.499. The number of esters is 1. The van der Waals surface area contributed by atoms with Crippen molar-refractivity contribution < 1.29 is 28.7 Å². The van der Waals surface area contributed by atoms with E-state index in [2.05, 4.69) is 10.6 Å². The molecule has 29 heavy (non-hydrogen) atoms. The van der Waals surface area contributed by atoms with Crippen molar-refractivity contribution in [3.05, 3.63) is 39.4 Å². The Morgan fingerprint density at radius 1 is 0.966 bits per heavy atom. The van der Waals surface area contributed by atoms with Crippen LogP contribution in [-0.2, 0) is 19.1 Å². The summed E-state index contributed by atoms with van der Waals surface area (Å²) in [7, 11) is 0. The van der Waals surface area contributed by atoms with Gasteiger partial charge in [0.1, 0.15) is 5.00 Å². The SMILES string of the molecule is NC(=O)c1ccsc1NC(=O)COC(=O)CCNC(=O)CCC(=O)c1cccs1. The lowest BCUT2D eigenvalue weighted by Gasteiger charge is -2.07. The molecule has 0 fully saturated rings. The summed E-state index contributed by atoms with van der Waals surface area (Å²) in [6.07, 6.45) is -0.00635. The molecule has 0 saturated heterocycles. The number of nitrogens with one attached hydrogen (secondary N) is 2. The van der Waals surface area contributed by atoms with Gasteiger partial charge in [0, 0.05) is 19.4 Å². The van der Waals surface area contributed by atoms with E-state index in [1.165, 1.54) is 17.4 Å². The van der Waals surface area contributed by atoms with Crippen molar-refractivity contribution in [1.82, 2.24) is 5.32 Å². The van der Waals surface area contributed by atoms with Gasteiger partial charge in [-0.15, -0.1) is 22.7 Å². The second-order valence-electron chi connectivity index (χ2n) is 5.74. The number of ether oxygens (including phenoxy) is 1. The first-order chi connectivity index (χ1) is 13.9. The van der Waals surface area contributed by atoms with Gasteiger partial charge < -0.3 is 21.1 Å². The summed E-state index contributed by atoms with van der Waals surface area (Å²) in [5.74, 6) is -2.41. The average Bonchev–Trinajstić information content (AvgIpc) is 3.36. The number of nitrogens with two attached hydrogens (primary N) is 1. The molecule has 3 amide bonds. The molecule has 4 N–H and O–H groups in total. The zero-order chi connectivity index (χ0) is 21.2. The number of rotatable bonds is 11. The van der Waals surface area contributed by atoms with Crippen molar-refractivity contribution in [2.24, 2.45) is 5.73 Å². The van der Waals surface area contributed by atoms with E-state index in [9.17, 15) is 24.0 Å². The molecule has 2 aromatic heterocycles. The first-order valence-corrected chi connectivity index (χ1v) is 10.3. The molecule has 0 bridgehead atoms. The Balaban J connectivity index is 1.60. The number of amides is 3. The van der Waals surface area contributed by atoms with Gasteiger partial charge >= 0.3 is 5.97 Å². The monoisotopic (exact) mass is 437 g/mol. The second-order valence-corrected chi connectivity index (χ2v) is 7.60. The van der Waals surface area contributed by atoms with E-state index in [-0.39, 0.29) is 48.1 Å². The highest BCUT2D eigenvalue weighted by molar-refractivity contribution is 7.14. The Bertz CT molecular complexity index is 891. The third-order valence-electron chi connectivity index (χ3n) is 3.57. The molecule has 2 rings (SSSR count). The fraction of sp³-hybridized carbons (Fsp3) is 0.278. The van der Waals surface area contributed by atoms with Crippen LogP contribution >= 0.6 is 22.7 Å². The molecule has 0 radical (unpaired) electrons. The van der Waals surface area contributed by atoms with Crippen LogP contribution in [0.25, 0.3) is 0 Å². The van der Waals surface area contributed by atoms with E-state index in [0.717, 1.165) is 11.3 Å². The Morgan fingerprint density at radius 2 is 1.76 bits per heavy atom. The number of hydrogen-bond acceptors (Lipinski definition) is 8. The maximum atomic E-state index is 11.8. The summed E-state index contributed by atoms with van der Waals surface area (Å²) in [5, 5.41) is 8.62. The number of thiophene rings is 2. The summed E-state index contributed by atoms with van der Waals surface area (Å²) in [6, 6.07) is 4.94. The van der Waals surface area contributed by atoms with Crippen LogP contribution in [-0.4, -0.2) is 42.6 Å². The minimum atomic E-state index is -0.675. The predicted octanol–water partition coefficient (Wildman–Crippen LogP) is 1.56. The van der Waals surface area contributed by atoms with Crippen LogP contribution in [0.5, 0.6) is 0 Å². The number of ketones is 1. The maximum absolute atomic E-state index is 11.8. The van der Waals surface area contributed by atoms with E-state index in [0.29, 0.717) is 4.88 Å². The molecular formula is C18H19N3O6S2. The summed E-state index contributed by atoms with van der Waals surface area (Å²) >= 11 is 2.44. The van der Waals surface area contributed by atoms with Crippen molar-refractivity contribution in [3.8, 4) is 0 Å². The summed E-state index contributed by atoms with van der Waals surface area (Å²) < 4.78 is 4.82. The Kier molecular flexibility index (Phi) is 8.49. The van der Waals surface area contributed by atoms with E-state index < -0.39 is 24.4 Å². The van der Waals surface area contributed by atoms with Crippen LogP contribution in [0.1, 0.15) is 39.3 Å². The number of hydrogen-bond donors (Lipinski definition) is 3. The van der Waals surface area contributed by atoms with E-state index in [1.807, 2.05) is 0 Å². The van der Waals surface area contributed by atoms with Crippen LogP contribution in [0.3, 0.4) is 0 Å². The van der Waals surface area contributed by atoms with Crippen molar-refractivity contribution in [2.45, 2.75) is 19.3 Å². The van der Waals surface area contributed by atoms with Crippen LogP contribution in [0.15, 0.2) is 29.0 Å². The molecule has 0 aliphatic rings. The molecule has 0 aromatic carbocycles. The first-order valence-electron chi connectivity index (χ1n) is 8.53. The molecule has 9 nitrogen and oxygen atoms in total. The molecule has 0 atom stereocenters. The van der Waals surface area contributed by atoms with E-state index >= 15 is 0 Å². The third-order valence-corrected chi connectivity index (χ3v) is 5.32. The number of anilines is 1. The van der Waals surface area contributed by atoms with Crippen molar-refractivity contribution >= 4 is 57.1 Å². The van der Waals surface area contributed by atoms with Crippen molar-refractivity contribution in [3.63, 3.8) is 0 Å². The van der Waals surface area contributed by atoms with Crippen molar-refractivity contribution in [1.29, 1.82) is 0 Å². The third kappa shape index (κ3) is 7.47. The van der Waals surface area contributed by atoms with E-state index in [1.54, 1.807) is 22.9 Å². The fourth-order valence-electron chi connectivity index (χ4n) is 2.16. The van der Waals surface area contributed by atoms with Gasteiger partial charge in [-0.25, -0.2) is 0 Å². The standard InChI is InChI=1S/C18H19N3O6S2/c19-17(26)11-6-9-29-18(11)21-15(24)10-27-16(25)5-7-20-14(23)4-3-12(22)13-2-1-8-28-13/h1-2,6,8-9H,3-5,7,10H2,(H2,19,26)(H,20,23)(H,21,24). The molecule has 2 heterocycles. The Hall–Kier alpha value is -3.05. The number of Topliss-reactive ketones (excluding diaryl/α,β-unsaturated/α-hetero) is 1. The smallest absolute Gasteiger partial charge is 0.308 e. The highest BCUT2D eigenvalue weighted by Gasteiger charge is 2.14. The van der Waals surface area contributed by atoms with Crippen LogP contribution < -0.4 is 16.4 Å². The lowest BCUT2D eigenvalue weighted by Crippen LogP contribution is -2.28. The molecule has 11 heteroatoms. The number of carbonyl (C=O) groups is 5. The number of primary amides is 1. The van der Waals surface area contributed by atoms with Gasteiger partial charge in [-0.05, 0) is 22.9 Å². The molecule has 2 aromatic rings. The number of carbonyl (C=O) groups excluding carboxylic acids is 5. The highest BCUT2D eigenvalue weighted by Crippen LogP contribution is 2.22. The van der Waals surface area contributed by atoms with Crippen molar-refractivity contribution in [2.75, 3.05) is 18.5 Å². The van der Waals surface area contributed by atoms with Gasteiger partial charge in [0.05, 0.1) is 16.9 Å². The molecule has 154 valence electrons. The van der Waals surface area contributed by atoms with Gasteiger partial charge in [-0.2, -0.15) is 0 Å². The zero-order valence-electron chi connectivity index (χ0n) is 15.3. The summed E-state index contributed by atoms with van der Waals surface area (Å²) in [4.78, 5) is 58.7. The molecule has 0 aliphatic heterocycles. The van der Waals surface area contributed by atoms with Gasteiger partial charge in [-0.3, -0.25) is 24.0 Å². The largest absolute Gasteiger partial charge is 0.456 e. The lowest BCUT2D eigenvalue weighted by molar-refractivity contribution is -0.147. The quantitative estimate of drug-likeness (QED) is 0.359. The lowest BCUT2D eigenvalue weighted by atomic mass is 10.2. The van der Waals surface area contributed by atoms with Crippen LogP contribution in [0, 0.1) is 0 Å². The van der Waals surface area contributed by atoms with Gasteiger partial charge in [-0.1, -0.05) is 6.07 Å². The average molecular weight is 437 g/mol. The minimum Gasteiger partial charge on any atom is -0.456 e. The molecule has 0 unspecified atom stereocenters. The molecule has 0 saturated carbocycles. The van der Waals surface area contributed by atoms with Crippen LogP contribution in [0.4, 0.5) is 5.00 Å². The molecule has 0 spiro atoms. The van der Waals surface area contributed by atoms with E-state index in [4.69, 9.17) is 10.5 Å². The van der Waals surface area contributed by atoms with Gasteiger partial charge in [0.25, 0.3) is 11.8 Å². The second kappa shape index (κ2) is 11.1. The normalized spacial score (nSPS) is 10.2. The highest BCUT2D eigenvalue weighted by atomic mass is 32.1. The molecular weight excluding hydrogens is 418 g/mol. The van der Waals surface area contributed by atoms with Gasteiger partial charge in [0.2, 0.25) is 5.91 Å². The Labute approximate surface area is 174 Å². The summed E-state index contributed by atoms with van der Waals surface area (Å²) in [5.41, 5.74) is 5.35. The van der Waals surface area contributed by atoms with Gasteiger partial charge in [0.15, 0.2) is 12.4 Å². The maximum Gasteiger partial charge on any atom is 0.308 e. The molecule has 0 aliphatic carbocycles. The minimum absolute atomic E-state index is 0.0250. The zero-order valence-corrected chi connectivity index (χ0v) is 16.9. The van der Waals surface area contributed by atoms with Crippen LogP contribution in [0.2, 0.25) is 0 Å². The topological polar surface area (TPSA) is 145 Å². The fourth-order valence-corrected chi connectivity index (χ4v) is 3.66. The Morgan fingerprint density at radius 3 is 2.45 bits per heavy atom. The predicted molar refractivity (Wildman–Crippen MR) is 108 cm³/mol.